The summed E-state index contributed by atoms with van der Waals surface area (Å²) in [5.41, 5.74) is 4.00. The number of halogens is 1. The number of carbonyl (C=O) groups excluding carboxylic acids is 1. The van der Waals surface area contributed by atoms with E-state index in [1.54, 1.807) is 13.0 Å². The maximum Gasteiger partial charge on any atom is 0.274 e. The molecular formula is C20H19ClN4O. The molecule has 0 saturated heterocycles. The lowest BCUT2D eigenvalue weighted by atomic mass is 10.2. The zero-order valence-corrected chi connectivity index (χ0v) is 15.6. The standard InChI is InChI=1S/C20H19ClN4O/c1-12-4-8-16(9-5-12)24-20(26)18-11-19(23-14(3)22-18)25-17-10-15(21)7-6-13(17)2/h4-11H,1-3H3,(H,24,26)(H,22,23,25). The first-order valence-electron chi connectivity index (χ1n) is 8.17. The second-order valence-electron chi connectivity index (χ2n) is 6.09. The van der Waals surface area contributed by atoms with Crippen LogP contribution in [0.25, 0.3) is 0 Å². The third-order valence-electron chi connectivity index (χ3n) is 3.84. The molecule has 26 heavy (non-hydrogen) atoms. The number of aromatic nitrogens is 2. The number of hydrogen-bond donors (Lipinski definition) is 2. The summed E-state index contributed by atoms with van der Waals surface area (Å²) in [6, 6.07) is 14.8. The minimum absolute atomic E-state index is 0.287. The summed E-state index contributed by atoms with van der Waals surface area (Å²) in [5, 5.41) is 6.68. The topological polar surface area (TPSA) is 66.9 Å². The molecule has 0 aliphatic rings. The van der Waals surface area contributed by atoms with E-state index in [0.717, 1.165) is 22.5 Å². The van der Waals surface area contributed by atoms with Crippen molar-refractivity contribution in [1.29, 1.82) is 0 Å². The van der Waals surface area contributed by atoms with Crippen LogP contribution in [-0.2, 0) is 0 Å². The smallest absolute Gasteiger partial charge is 0.274 e. The summed E-state index contributed by atoms with van der Waals surface area (Å²) in [7, 11) is 0. The van der Waals surface area contributed by atoms with Gasteiger partial charge in [0.25, 0.3) is 5.91 Å². The molecule has 0 aliphatic heterocycles. The minimum atomic E-state index is -0.287. The second-order valence-corrected chi connectivity index (χ2v) is 6.53. The summed E-state index contributed by atoms with van der Waals surface area (Å²) in [4.78, 5) is 21.1. The summed E-state index contributed by atoms with van der Waals surface area (Å²) in [6.45, 7) is 5.71. The van der Waals surface area contributed by atoms with E-state index in [4.69, 9.17) is 11.6 Å². The van der Waals surface area contributed by atoms with Crippen molar-refractivity contribution >= 4 is 34.7 Å². The molecule has 1 amide bonds. The van der Waals surface area contributed by atoms with Crippen molar-refractivity contribution in [2.75, 3.05) is 10.6 Å². The van der Waals surface area contributed by atoms with Crippen LogP contribution >= 0.6 is 11.6 Å². The lowest BCUT2D eigenvalue weighted by molar-refractivity contribution is 0.102. The van der Waals surface area contributed by atoms with E-state index in [1.165, 1.54) is 0 Å². The maximum absolute atomic E-state index is 12.5. The van der Waals surface area contributed by atoms with E-state index in [-0.39, 0.29) is 5.91 Å². The van der Waals surface area contributed by atoms with Crippen LogP contribution in [0.15, 0.2) is 48.5 Å². The molecular weight excluding hydrogens is 348 g/mol. The molecule has 3 rings (SSSR count). The molecule has 0 spiro atoms. The van der Waals surface area contributed by atoms with Gasteiger partial charge in [0.15, 0.2) is 0 Å². The highest BCUT2D eigenvalue weighted by molar-refractivity contribution is 6.30. The molecule has 0 fully saturated rings. The number of carbonyl (C=O) groups is 1. The van der Waals surface area contributed by atoms with Crippen LogP contribution in [0.4, 0.5) is 17.2 Å². The Morgan fingerprint density at radius 1 is 0.962 bits per heavy atom. The van der Waals surface area contributed by atoms with Gasteiger partial charge in [0.2, 0.25) is 0 Å². The van der Waals surface area contributed by atoms with E-state index < -0.39 is 0 Å². The van der Waals surface area contributed by atoms with Gasteiger partial charge in [0.1, 0.15) is 17.3 Å². The molecule has 2 N–H and O–H groups in total. The van der Waals surface area contributed by atoms with Crippen molar-refractivity contribution in [1.82, 2.24) is 9.97 Å². The number of hydrogen-bond acceptors (Lipinski definition) is 4. The molecule has 0 saturated carbocycles. The molecule has 0 unspecified atom stereocenters. The fourth-order valence-electron chi connectivity index (χ4n) is 2.45. The number of anilines is 3. The van der Waals surface area contributed by atoms with Crippen LogP contribution in [0.5, 0.6) is 0 Å². The van der Waals surface area contributed by atoms with E-state index >= 15 is 0 Å². The van der Waals surface area contributed by atoms with Crippen LogP contribution in [0, 0.1) is 20.8 Å². The zero-order valence-electron chi connectivity index (χ0n) is 14.8. The van der Waals surface area contributed by atoms with Crippen LogP contribution in [0.2, 0.25) is 5.02 Å². The molecule has 5 nitrogen and oxygen atoms in total. The molecule has 1 aromatic heterocycles. The highest BCUT2D eigenvalue weighted by Gasteiger charge is 2.12. The third kappa shape index (κ3) is 4.37. The second kappa shape index (κ2) is 7.54. The van der Waals surface area contributed by atoms with Crippen LogP contribution < -0.4 is 10.6 Å². The van der Waals surface area contributed by atoms with E-state index in [1.807, 2.05) is 56.3 Å². The third-order valence-corrected chi connectivity index (χ3v) is 4.08. The minimum Gasteiger partial charge on any atom is -0.340 e. The monoisotopic (exact) mass is 366 g/mol. The lowest BCUT2D eigenvalue weighted by Crippen LogP contribution is -2.15. The molecule has 1 heterocycles. The average Bonchev–Trinajstić information content (AvgIpc) is 2.59. The van der Waals surface area contributed by atoms with Gasteiger partial charge in [-0.3, -0.25) is 4.79 Å². The largest absolute Gasteiger partial charge is 0.340 e. The molecule has 0 bridgehead atoms. The number of nitrogens with one attached hydrogen (secondary N) is 2. The van der Waals surface area contributed by atoms with Gasteiger partial charge in [-0.25, -0.2) is 9.97 Å². The van der Waals surface area contributed by atoms with Crippen molar-refractivity contribution in [3.63, 3.8) is 0 Å². The fourth-order valence-corrected chi connectivity index (χ4v) is 2.62. The van der Waals surface area contributed by atoms with Gasteiger partial charge in [-0.2, -0.15) is 0 Å². The first-order valence-corrected chi connectivity index (χ1v) is 8.55. The highest BCUT2D eigenvalue weighted by atomic mass is 35.5. The molecule has 3 aromatic rings. The van der Waals surface area contributed by atoms with Crippen LogP contribution in [0.3, 0.4) is 0 Å². The Morgan fingerprint density at radius 3 is 2.42 bits per heavy atom. The number of aryl methyl sites for hydroxylation is 3. The van der Waals surface area contributed by atoms with E-state index in [2.05, 4.69) is 20.6 Å². The van der Waals surface area contributed by atoms with Gasteiger partial charge in [0.05, 0.1) is 0 Å². The predicted octanol–water partition coefficient (Wildman–Crippen LogP) is 5.05. The van der Waals surface area contributed by atoms with Gasteiger partial charge in [-0.05, 0) is 50.6 Å². The van der Waals surface area contributed by atoms with Gasteiger partial charge in [0, 0.05) is 22.5 Å². The molecule has 0 radical (unpaired) electrons. The van der Waals surface area contributed by atoms with Crippen LogP contribution in [-0.4, -0.2) is 15.9 Å². The Labute approximate surface area is 157 Å². The molecule has 0 atom stereocenters. The first kappa shape index (κ1) is 17.9. The maximum atomic E-state index is 12.5. The van der Waals surface area contributed by atoms with Gasteiger partial charge < -0.3 is 10.6 Å². The lowest BCUT2D eigenvalue weighted by Gasteiger charge is -2.11. The Kier molecular flexibility index (Phi) is 5.19. The Balaban J connectivity index is 1.83. The molecule has 2 aromatic carbocycles. The Bertz CT molecular complexity index is 955. The van der Waals surface area contributed by atoms with E-state index in [0.29, 0.717) is 22.4 Å². The van der Waals surface area contributed by atoms with Crippen molar-refractivity contribution in [3.05, 3.63) is 76.2 Å². The molecule has 0 aliphatic carbocycles. The summed E-state index contributed by atoms with van der Waals surface area (Å²) in [6.07, 6.45) is 0. The van der Waals surface area contributed by atoms with Gasteiger partial charge in [-0.1, -0.05) is 35.4 Å². The van der Waals surface area contributed by atoms with Crippen molar-refractivity contribution in [3.8, 4) is 0 Å². The number of benzene rings is 2. The van der Waals surface area contributed by atoms with Crippen LogP contribution in [0.1, 0.15) is 27.4 Å². The first-order chi connectivity index (χ1) is 12.4. The number of rotatable bonds is 4. The molecule has 6 heteroatoms. The highest BCUT2D eigenvalue weighted by Crippen LogP contribution is 2.23. The van der Waals surface area contributed by atoms with Crippen molar-refractivity contribution < 1.29 is 4.79 Å². The van der Waals surface area contributed by atoms with Crippen molar-refractivity contribution in [2.24, 2.45) is 0 Å². The van der Waals surface area contributed by atoms with Gasteiger partial charge in [-0.15, -0.1) is 0 Å². The molecule has 132 valence electrons. The van der Waals surface area contributed by atoms with Crippen molar-refractivity contribution in [2.45, 2.75) is 20.8 Å². The Morgan fingerprint density at radius 2 is 1.69 bits per heavy atom. The van der Waals surface area contributed by atoms with E-state index in [9.17, 15) is 4.79 Å². The normalized spacial score (nSPS) is 10.5. The number of amides is 1. The van der Waals surface area contributed by atoms with Gasteiger partial charge >= 0.3 is 0 Å². The summed E-state index contributed by atoms with van der Waals surface area (Å²) >= 11 is 6.06. The number of nitrogens with zero attached hydrogens (tertiary/aromatic N) is 2. The SMILES string of the molecule is Cc1ccc(NC(=O)c2cc(Nc3cc(Cl)ccc3C)nc(C)n2)cc1. The quantitative estimate of drug-likeness (QED) is 0.678. The predicted molar refractivity (Wildman–Crippen MR) is 105 cm³/mol. The summed E-state index contributed by atoms with van der Waals surface area (Å²) in [5.74, 6) is 0.755. The summed E-state index contributed by atoms with van der Waals surface area (Å²) < 4.78 is 0. The average molecular weight is 367 g/mol. The fraction of sp³-hybridized carbons (Fsp3) is 0.150. The zero-order chi connectivity index (χ0) is 18.7. The Hall–Kier alpha value is -2.92.